The number of likely N-dealkylation sites (tertiary alicyclic amines) is 1. The van der Waals surface area contributed by atoms with Crippen LogP contribution < -0.4 is 0 Å². The Kier molecular flexibility index (Phi) is 4.19. The van der Waals surface area contributed by atoms with Gasteiger partial charge in [-0.3, -0.25) is 14.6 Å². The van der Waals surface area contributed by atoms with E-state index in [4.69, 9.17) is 5.11 Å². The second kappa shape index (κ2) is 5.69. The van der Waals surface area contributed by atoms with Gasteiger partial charge in [0.2, 0.25) is 0 Å². The third-order valence-corrected chi connectivity index (χ3v) is 4.14. The van der Waals surface area contributed by atoms with E-state index in [2.05, 4.69) is 20.9 Å². The summed E-state index contributed by atoms with van der Waals surface area (Å²) in [7, 11) is 0. The molecule has 2 rings (SSSR count). The molecule has 1 N–H and O–H groups in total. The van der Waals surface area contributed by atoms with Gasteiger partial charge in [0.1, 0.15) is 0 Å². The third kappa shape index (κ3) is 2.94. The van der Waals surface area contributed by atoms with Gasteiger partial charge in [0, 0.05) is 30.0 Å². The predicted octanol–water partition coefficient (Wildman–Crippen LogP) is 2.03. The van der Waals surface area contributed by atoms with E-state index in [0.29, 0.717) is 29.5 Å². The average molecular weight is 327 g/mol. The molecule has 1 aromatic rings. The first-order valence-electron chi connectivity index (χ1n) is 6.12. The number of carboxylic acid groups (broad SMARTS) is 1. The summed E-state index contributed by atoms with van der Waals surface area (Å²) in [6.07, 6.45) is 3.66. The van der Waals surface area contributed by atoms with Crippen molar-refractivity contribution in [3.63, 3.8) is 0 Å². The Morgan fingerprint density at radius 3 is 2.84 bits per heavy atom. The number of amides is 1. The summed E-state index contributed by atoms with van der Waals surface area (Å²) in [5, 5.41) is 9.08. The van der Waals surface area contributed by atoms with Crippen molar-refractivity contribution in [3.05, 3.63) is 28.5 Å². The van der Waals surface area contributed by atoms with Gasteiger partial charge in [-0.1, -0.05) is 6.92 Å². The highest BCUT2D eigenvalue weighted by Gasteiger charge is 2.33. The van der Waals surface area contributed by atoms with Crippen LogP contribution in [0.1, 0.15) is 23.7 Å². The Morgan fingerprint density at radius 1 is 1.53 bits per heavy atom. The summed E-state index contributed by atoms with van der Waals surface area (Å²) >= 11 is 3.31. The van der Waals surface area contributed by atoms with E-state index in [9.17, 15) is 9.59 Å². The molecule has 1 aliphatic rings. The molecule has 0 aliphatic carbocycles. The van der Waals surface area contributed by atoms with E-state index < -0.39 is 5.97 Å². The normalized spacial score (nSPS) is 23.2. The van der Waals surface area contributed by atoms with Gasteiger partial charge in [0.05, 0.1) is 11.5 Å². The minimum atomic E-state index is -0.773. The molecule has 2 unspecified atom stereocenters. The van der Waals surface area contributed by atoms with Gasteiger partial charge < -0.3 is 10.0 Å². The number of rotatable bonds is 2. The standard InChI is InChI=1S/C13H15BrN2O3/c1-8-7-16(5-3-9(8)13(18)19)12(17)10-2-4-15-6-11(10)14/h2,4,6,8-9H,3,5,7H2,1H3,(H,18,19). The molecule has 1 saturated heterocycles. The second-order valence-electron chi connectivity index (χ2n) is 4.82. The summed E-state index contributed by atoms with van der Waals surface area (Å²) in [6.45, 7) is 2.83. The summed E-state index contributed by atoms with van der Waals surface area (Å²) in [5.41, 5.74) is 0.566. The first kappa shape index (κ1) is 14.0. The number of carboxylic acids is 1. The van der Waals surface area contributed by atoms with Crippen molar-refractivity contribution >= 4 is 27.8 Å². The lowest BCUT2D eigenvalue weighted by molar-refractivity contribution is -0.145. The summed E-state index contributed by atoms with van der Waals surface area (Å²) in [6, 6.07) is 1.67. The number of halogens is 1. The van der Waals surface area contributed by atoms with E-state index in [1.54, 1.807) is 23.4 Å². The van der Waals surface area contributed by atoms with E-state index in [0.717, 1.165) is 0 Å². The molecule has 0 aromatic carbocycles. The molecule has 1 aliphatic heterocycles. The SMILES string of the molecule is CC1CN(C(=O)c2ccncc2Br)CCC1C(=O)O. The minimum Gasteiger partial charge on any atom is -0.481 e. The van der Waals surface area contributed by atoms with E-state index >= 15 is 0 Å². The Balaban J connectivity index is 2.11. The summed E-state index contributed by atoms with van der Waals surface area (Å²) in [4.78, 5) is 29.0. The Bertz CT molecular complexity index is 506. The van der Waals surface area contributed by atoms with E-state index in [1.807, 2.05) is 6.92 Å². The zero-order valence-electron chi connectivity index (χ0n) is 10.5. The number of carbonyl (C=O) groups excluding carboxylic acids is 1. The van der Waals surface area contributed by atoms with Gasteiger partial charge in [-0.05, 0) is 34.3 Å². The van der Waals surface area contributed by atoms with Crippen LogP contribution in [0.4, 0.5) is 0 Å². The van der Waals surface area contributed by atoms with Crippen LogP contribution in [0.3, 0.4) is 0 Å². The number of pyridine rings is 1. The molecule has 5 nitrogen and oxygen atoms in total. The van der Waals surface area contributed by atoms with Gasteiger partial charge in [-0.25, -0.2) is 0 Å². The smallest absolute Gasteiger partial charge is 0.306 e. The van der Waals surface area contributed by atoms with Gasteiger partial charge in [0.25, 0.3) is 5.91 Å². The van der Waals surface area contributed by atoms with Crippen LogP contribution in [0, 0.1) is 11.8 Å². The van der Waals surface area contributed by atoms with Crippen LogP contribution in [-0.2, 0) is 4.79 Å². The maximum absolute atomic E-state index is 12.4. The van der Waals surface area contributed by atoms with Gasteiger partial charge >= 0.3 is 5.97 Å². The minimum absolute atomic E-state index is 0.0317. The van der Waals surface area contributed by atoms with Crippen molar-refractivity contribution in [1.82, 2.24) is 9.88 Å². The highest BCUT2D eigenvalue weighted by atomic mass is 79.9. The monoisotopic (exact) mass is 326 g/mol. The maximum atomic E-state index is 12.4. The molecular weight excluding hydrogens is 312 g/mol. The fourth-order valence-electron chi connectivity index (χ4n) is 2.42. The molecule has 2 heterocycles. The fraction of sp³-hybridized carbons (Fsp3) is 0.462. The first-order chi connectivity index (χ1) is 9.00. The molecule has 2 atom stereocenters. The van der Waals surface area contributed by atoms with Crippen LogP contribution in [-0.4, -0.2) is 40.0 Å². The van der Waals surface area contributed by atoms with Gasteiger partial charge in [0.15, 0.2) is 0 Å². The molecule has 1 fully saturated rings. The number of piperidine rings is 1. The van der Waals surface area contributed by atoms with Crippen LogP contribution in [0.25, 0.3) is 0 Å². The maximum Gasteiger partial charge on any atom is 0.306 e. The second-order valence-corrected chi connectivity index (χ2v) is 5.67. The molecule has 6 heteroatoms. The molecule has 19 heavy (non-hydrogen) atoms. The molecule has 102 valence electrons. The first-order valence-corrected chi connectivity index (χ1v) is 6.91. The number of hydrogen-bond donors (Lipinski definition) is 1. The number of hydrogen-bond acceptors (Lipinski definition) is 3. The molecular formula is C13H15BrN2O3. The third-order valence-electron chi connectivity index (χ3n) is 3.51. The van der Waals surface area contributed by atoms with Crippen LogP contribution >= 0.6 is 15.9 Å². The Hall–Kier alpha value is -1.43. The highest BCUT2D eigenvalue weighted by molar-refractivity contribution is 9.10. The molecule has 0 spiro atoms. The largest absolute Gasteiger partial charge is 0.481 e. The van der Waals surface area contributed by atoms with Crippen molar-refractivity contribution in [2.75, 3.05) is 13.1 Å². The molecule has 1 amide bonds. The number of aliphatic carboxylic acids is 1. The van der Waals surface area contributed by atoms with Crippen molar-refractivity contribution in [2.45, 2.75) is 13.3 Å². The van der Waals surface area contributed by atoms with Crippen molar-refractivity contribution in [3.8, 4) is 0 Å². The lowest BCUT2D eigenvalue weighted by atomic mass is 9.87. The zero-order valence-corrected chi connectivity index (χ0v) is 12.1. The zero-order chi connectivity index (χ0) is 14.0. The Labute approximate surface area is 119 Å². The molecule has 0 radical (unpaired) electrons. The Morgan fingerprint density at radius 2 is 2.26 bits per heavy atom. The molecule has 1 aromatic heterocycles. The van der Waals surface area contributed by atoms with Crippen LogP contribution in [0.15, 0.2) is 22.9 Å². The van der Waals surface area contributed by atoms with Gasteiger partial charge in [-0.15, -0.1) is 0 Å². The number of carbonyl (C=O) groups is 2. The molecule has 0 saturated carbocycles. The summed E-state index contributed by atoms with van der Waals surface area (Å²) in [5.74, 6) is -1.24. The topological polar surface area (TPSA) is 70.5 Å². The van der Waals surface area contributed by atoms with Crippen LogP contribution in [0.2, 0.25) is 0 Å². The van der Waals surface area contributed by atoms with Crippen molar-refractivity contribution < 1.29 is 14.7 Å². The lowest BCUT2D eigenvalue weighted by Crippen LogP contribution is -2.45. The highest BCUT2D eigenvalue weighted by Crippen LogP contribution is 2.26. The van der Waals surface area contributed by atoms with Gasteiger partial charge in [-0.2, -0.15) is 0 Å². The van der Waals surface area contributed by atoms with E-state index in [-0.39, 0.29) is 17.7 Å². The van der Waals surface area contributed by atoms with E-state index in [1.165, 1.54) is 0 Å². The van der Waals surface area contributed by atoms with Crippen molar-refractivity contribution in [1.29, 1.82) is 0 Å². The average Bonchev–Trinajstić information content (AvgIpc) is 2.38. The summed E-state index contributed by atoms with van der Waals surface area (Å²) < 4.78 is 0.660. The number of aromatic nitrogens is 1. The number of nitrogens with zero attached hydrogens (tertiary/aromatic N) is 2. The predicted molar refractivity (Wildman–Crippen MR) is 72.7 cm³/mol. The fourth-order valence-corrected chi connectivity index (χ4v) is 2.84. The molecule has 0 bridgehead atoms. The quantitative estimate of drug-likeness (QED) is 0.902. The van der Waals surface area contributed by atoms with Crippen molar-refractivity contribution in [2.24, 2.45) is 11.8 Å². The van der Waals surface area contributed by atoms with Crippen LogP contribution in [0.5, 0.6) is 0 Å². The lowest BCUT2D eigenvalue weighted by Gasteiger charge is -2.35.